The lowest BCUT2D eigenvalue weighted by atomic mass is 10.1. The quantitative estimate of drug-likeness (QED) is 0.654. The number of thiol groups is 1. The van der Waals surface area contributed by atoms with E-state index in [4.69, 9.17) is 4.74 Å². The van der Waals surface area contributed by atoms with E-state index in [0.29, 0.717) is 31.9 Å². The van der Waals surface area contributed by atoms with Crippen LogP contribution in [0, 0.1) is 0 Å². The smallest absolute Gasteiger partial charge is 0.227 e. The van der Waals surface area contributed by atoms with Crippen molar-refractivity contribution in [1.82, 2.24) is 0 Å². The average Bonchev–Trinajstić information content (AvgIpc) is 2.54. The van der Waals surface area contributed by atoms with Crippen LogP contribution in [0.25, 0.3) is 0 Å². The third-order valence-corrected chi connectivity index (χ3v) is 3.30. The minimum atomic E-state index is 0.203. The Labute approximate surface area is 114 Å². The van der Waals surface area contributed by atoms with Crippen LogP contribution < -0.4 is 4.90 Å². The van der Waals surface area contributed by atoms with Crippen molar-refractivity contribution in [2.24, 2.45) is 0 Å². The summed E-state index contributed by atoms with van der Waals surface area (Å²) in [5, 5.41) is 0. The number of para-hydroxylation sites is 1. The number of rotatable bonds is 5. The average molecular weight is 265 g/mol. The van der Waals surface area contributed by atoms with Crippen molar-refractivity contribution in [3.8, 4) is 0 Å². The zero-order valence-corrected chi connectivity index (χ0v) is 11.4. The lowest BCUT2D eigenvalue weighted by Gasteiger charge is -2.22. The van der Waals surface area contributed by atoms with E-state index in [0.717, 1.165) is 18.5 Å². The first-order chi connectivity index (χ1) is 8.83. The van der Waals surface area contributed by atoms with Crippen molar-refractivity contribution >= 4 is 24.2 Å². The van der Waals surface area contributed by atoms with Crippen LogP contribution >= 0.6 is 12.6 Å². The molecule has 1 heterocycles. The summed E-state index contributed by atoms with van der Waals surface area (Å²) >= 11 is 4.09. The molecule has 1 aliphatic rings. The van der Waals surface area contributed by atoms with Gasteiger partial charge in [-0.25, -0.2) is 0 Å². The Bertz CT molecular complexity index is 409. The van der Waals surface area contributed by atoms with Crippen molar-refractivity contribution in [2.75, 3.05) is 30.4 Å². The molecule has 0 bridgehead atoms. The molecule has 2 rings (SSSR count). The molecule has 0 N–H and O–H groups in total. The summed E-state index contributed by atoms with van der Waals surface area (Å²) in [6.07, 6.45) is 2.54. The van der Waals surface area contributed by atoms with Crippen LogP contribution in [0.4, 0.5) is 5.69 Å². The Kier molecular flexibility index (Phi) is 5.08. The fourth-order valence-electron chi connectivity index (χ4n) is 2.25. The van der Waals surface area contributed by atoms with Crippen LogP contribution in [0.1, 0.15) is 18.4 Å². The molecule has 0 fully saturated rings. The molecule has 0 saturated carbocycles. The van der Waals surface area contributed by atoms with Gasteiger partial charge in [0.2, 0.25) is 5.91 Å². The molecule has 3 nitrogen and oxygen atoms in total. The summed E-state index contributed by atoms with van der Waals surface area (Å²) in [5.41, 5.74) is 2.31. The largest absolute Gasteiger partial charge is 0.379 e. The highest BCUT2D eigenvalue weighted by atomic mass is 32.1. The maximum Gasteiger partial charge on any atom is 0.227 e. The first kappa shape index (κ1) is 13.4. The molecule has 98 valence electrons. The zero-order valence-electron chi connectivity index (χ0n) is 10.5. The third-order valence-electron chi connectivity index (χ3n) is 3.12. The summed E-state index contributed by atoms with van der Waals surface area (Å²) < 4.78 is 5.42. The number of benzene rings is 1. The van der Waals surface area contributed by atoms with E-state index in [2.05, 4.69) is 18.7 Å². The minimum absolute atomic E-state index is 0.203. The van der Waals surface area contributed by atoms with Gasteiger partial charge in [0.15, 0.2) is 0 Å². The van der Waals surface area contributed by atoms with Crippen LogP contribution in [-0.4, -0.2) is 31.4 Å². The molecule has 1 amide bonds. The van der Waals surface area contributed by atoms with Crippen LogP contribution in [0.3, 0.4) is 0 Å². The van der Waals surface area contributed by atoms with Crippen LogP contribution in [0.15, 0.2) is 24.3 Å². The molecule has 0 aromatic heterocycles. The van der Waals surface area contributed by atoms with Crippen LogP contribution in [0.5, 0.6) is 0 Å². The molecule has 1 aromatic carbocycles. The highest BCUT2D eigenvalue weighted by Crippen LogP contribution is 2.26. The number of fused-ring (bicyclic) bond motifs is 1. The van der Waals surface area contributed by atoms with Crippen molar-refractivity contribution in [3.63, 3.8) is 0 Å². The van der Waals surface area contributed by atoms with Crippen molar-refractivity contribution in [3.05, 3.63) is 29.8 Å². The van der Waals surface area contributed by atoms with E-state index in [1.807, 2.05) is 23.1 Å². The fourth-order valence-corrected chi connectivity index (χ4v) is 2.38. The molecule has 0 saturated heterocycles. The van der Waals surface area contributed by atoms with Crippen molar-refractivity contribution < 1.29 is 9.53 Å². The highest BCUT2D eigenvalue weighted by Gasteiger charge is 2.21. The Morgan fingerprint density at radius 3 is 2.89 bits per heavy atom. The minimum Gasteiger partial charge on any atom is -0.379 e. The maximum absolute atomic E-state index is 12.1. The second-order valence-electron chi connectivity index (χ2n) is 4.36. The number of carbonyl (C=O) groups excluding carboxylic acids is 1. The van der Waals surface area contributed by atoms with E-state index in [-0.39, 0.29) is 5.91 Å². The number of amides is 1. The van der Waals surface area contributed by atoms with Gasteiger partial charge in [-0.05, 0) is 24.5 Å². The topological polar surface area (TPSA) is 29.5 Å². The molecule has 0 atom stereocenters. The van der Waals surface area contributed by atoms with Crippen molar-refractivity contribution in [1.29, 1.82) is 0 Å². The molecule has 1 aliphatic heterocycles. The van der Waals surface area contributed by atoms with Gasteiger partial charge in [0.05, 0.1) is 13.2 Å². The summed E-state index contributed by atoms with van der Waals surface area (Å²) in [6.45, 7) is 1.83. The van der Waals surface area contributed by atoms with E-state index in [9.17, 15) is 4.79 Å². The number of ether oxygens (including phenoxy) is 1. The van der Waals surface area contributed by atoms with Crippen LogP contribution in [0.2, 0.25) is 0 Å². The van der Waals surface area contributed by atoms with Crippen molar-refractivity contribution in [2.45, 2.75) is 19.3 Å². The Morgan fingerprint density at radius 1 is 1.22 bits per heavy atom. The number of nitrogens with zero attached hydrogens (tertiary/aromatic N) is 1. The first-order valence-electron chi connectivity index (χ1n) is 6.40. The van der Waals surface area contributed by atoms with Gasteiger partial charge in [0, 0.05) is 24.4 Å². The van der Waals surface area contributed by atoms with Gasteiger partial charge in [-0.1, -0.05) is 18.2 Å². The fraction of sp³-hybridized carbons (Fsp3) is 0.500. The SMILES string of the molecule is O=C1CCCc2ccccc2N1CCOCCS. The van der Waals surface area contributed by atoms with Gasteiger partial charge >= 0.3 is 0 Å². The molecule has 0 aliphatic carbocycles. The Balaban J connectivity index is 2.08. The van der Waals surface area contributed by atoms with Gasteiger partial charge < -0.3 is 9.64 Å². The Hall–Kier alpha value is -1.00. The van der Waals surface area contributed by atoms with E-state index in [1.54, 1.807) is 0 Å². The third kappa shape index (κ3) is 3.27. The first-order valence-corrected chi connectivity index (χ1v) is 7.03. The van der Waals surface area contributed by atoms with Gasteiger partial charge in [-0.3, -0.25) is 4.79 Å². The van der Waals surface area contributed by atoms with Gasteiger partial charge in [0.25, 0.3) is 0 Å². The van der Waals surface area contributed by atoms with E-state index in [1.165, 1.54) is 5.56 Å². The number of aryl methyl sites for hydroxylation is 1. The number of anilines is 1. The maximum atomic E-state index is 12.1. The molecule has 0 spiro atoms. The molecule has 4 heteroatoms. The number of carbonyl (C=O) groups is 1. The molecule has 1 aromatic rings. The zero-order chi connectivity index (χ0) is 12.8. The predicted octanol–water partition coefficient (Wildman–Crippen LogP) is 2.30. The second kappa shape index (κ2) is 6.81. The lowest BCUT2D eigenvalue weighted by Crippen LogP contribution is -2.33. The molecular formula is C14H19NO2S. The predicted molar refractivity (Wildman–Crippen MR) is 76.4 cm³/mol. The standard InChI is InChI=1S/C14H19NO2S/c16-14-7-3-5-12-4-1-2-6-13(12)15(14)8-9-17-10-11-18/h1-2,4,6,18H,3,5,7-11H2. The summed E-state index contributed by atoms with van der Waals surface area (Å²) in [5.74, 6) is 0.916. The molecule has 18 heavy (non-hydrogen) atoms. The molecular weight excluding hydrogens is 246 g/mol. The van der Waals surface area contributed by atoms with E-state index < -0.39 is 0 Å². The number of hydrogen-bond donors (Lipinski definition) is 1. The second-order valence-corrected chi connectivity index (χ2v) is 4.81. The van der Waals surface area contributed by atoms with Gasteiger partial charge in [-0.15, -0.1) is 0 Å². The summed E-state index contributed by atoms with van der Waals surface area (Å²) in [4.78, 5) is 14.0. The van der Waals surface area contributed by atoms with Gasteiger partial charge in [-0.2, -0.15) is 12.6 Å². The lowest BCUT2D eigenvalue weighted by molar-refractivity contribution is -0.118. The molecule has 0 radical (unpaired) electrons. The molecule has 0 unspecified atom stereocenters. The normalized spacial score (nSPS) is 15.4. The number of hydrogen-bond acceptors (Lipinski definition) is 3. The van der Waals surface area contributed by atoms with Crippen LogP contribution in [-0.2, 0) is 16.0 Å². The van der Waals surface area contributed by atoms with E-state index >= 15 is 0 Å². The van der Waals surface area contributed by atoms with Gasteiger partial charge in [0.1, 0.15) is 0 Å². The summed E-state index contributed by atoms with van der Waals surface area (Å²) in [7, 11) is 0. The highest BCUT2D eigenvalue weighted by molar-refractivity contribution is 7.80. The Morgan fingerprint density at radius 2 is 2.06 bits per heavy atom. The summed E-state index contributed by atoms with van der Waals surface area (Å²) in [6, 6.07) is 8.15. The monoisotopic (exact) mass is 265 g/mol.